The molecule has 1 fully saturated rings. The van der Waals surface area contributed by atoms with Crippen LogP contribution in [0.2, 0.25) is 5.22 Å². The predicted octanol–water partition coefficient (Wildman–Crippen LogP) is 2.55. The summed E-state index contributed by atoms with van der Waals surface area (Å²) in [5, 5.41) is 11.9. The fourth-order valence-corrected chi connectivity index (χ4v) is 2.75. The summed E-state index contributed by atoms with van der Waals surface area (Å²) in [5.41, 5.74) is 0.282. The van der Waals surface area contributed by atoms with Crippen molar-refractivity contribution in [3.8, 4) is 0 Å². The summed E-state index contributed by atoms with van der Waals surface area (Å²) in [4.78, 5) is 23.0. The number of carbonyl (C=O) groups excluding carboxylic acids is 1. The first kappa shape index (κ1) is 13.9. The van der Waals surface area contributed by atoms with E-state index in [1.165, 1.54) is 12.3 Å². The summed E-state index contributed by atoms with van der Waals surface area (Å²) in [6, 6.07) is 1.49. The van der Waals surface area contributed by atoms with Gasteiger partial charge in [0.1, 0.15) is 0 Å². The van der Waals surface area contributed by atoms with Crippen molar-refractivity contribution in [2.45, 2.75) is 25.7 Å². The minimum absolute atomic E-state index is 0.0131. The van der Waals surface area contributed by atoms with Gasteiger partial charge in [0, 0.05) is 6.54 Å². The Hall–Kier alpha value is -1.49. The lowest BCUT2D eigenvalue weighted by Gasteiger charge is -2.28. The molecule has 2 rings (SSSR count). The maximum Gasteiger partial charge on any atom is 0.306 e. The van der Waals surface area contributed by atoms with Crippen molar-refractivity contribution in [1.29, 1.82) is 0 Å². The molecule has 1 saturated carbocycles. The van der Waals surface area contributed by atoms with E-state index < -0.39 is 5.97 Å². The molecule has 1 aliphatic carbocycles. The third-order valence-corrected chi connectivity index (χ3v) is 3.91. The molecule has 6 heteroatoms. The number of carbonyl (C=O) groups is 2. The van der Waals surface area contributed by atoms with Crippen molar-refractivity contribution >= 4 is 23.5 Å². The van der Waals surface area contributed by atoms with Crippen molar-refractivity contribution in [3.05, 3.63) is 23.1 Å². The zero-order valence-corrected chi connectivity index (χ0v) is 11.2. The standard InChI is InChI=1S/C13H16ClNO4/c14-11-10(5-6-19-11)12(16)15-7-8-3-1-2-4-9(8)13(17)18/h5-6,8-9H,1-4,7H2,(H,15,16)(H,17,18). The van der Waals surface area contributed by atoms with Crippen molar-refractivity contribution in [3.63, 3.8) is 0 Å². The average molecular weight is 286 g/mol. The van der Waals surface area contributed by atoms with E-state index in [2.05, 4.69) is 5.32 Å². The zero-order valence-electron chi connectivity index (χ0n) is 10.4. The van der Waals surface area contributed by atoms with Crippen molar-refractivity contribution in [2.24, 2.45) is 11.8 Å². The van der Waals surface area contributed by atoms with Gasteiger partial charge in [-0.15, -0.1) is 0 Å². The highest BCUT2D eigenvalue weighted by Crippen LogP contribution is 2.29. The smallest absolute Gasteiger partial charge is 0.306 e. The summed E-state index contributed by atoms with van der Waals surface area (Å²) >= 11 is 5.71. The van der Waals surface area contributed by atoms with Gasteiger partial charge in [-0.1, -0.05) is 12.8 Å². The number of amides is 1. The lowest BCUT2D eigenvalue weighted by molar-refractivity contribution is -0.144. The Balaban J connectivity index is 1.92. The molecule has 104 valence electrons. The molecule has 0 aromatic carbocycles. The topological polar surface area (TPSA) is 79.5 Å². The first-order valence-electron chi connectivity index (χ1n) is 6.33. The van der Waals surface area contributed by atoms with Crippen LogP contribution in [0.4, 0.5) is 0 Å². The van der Waals surface area contributed by atoms with Crippen molar-refractivity contribution in [2.75, 3.05) is 6.54 Å². The molecule has 0 radical (unpaired) electrons. The number of furan rings is 1. The number of carboxylic acid groups (broad SMARTS) is 1. The van der Waals surface area contributed by atoms with Crippen LogP contribution in [0.3, 0.4) is 0 Å². The molecule has 1 aliphatic rings. The van der Waals surface area contributed by atoms with Gasteiger partial charge in [-0.3, -0.25) is 9.59 Å². The second-order valence-electron chi connectivity index (χ2n) is 4.81. The van der Waals surface area contributed by atoms with Gasteiger partial charge in [-0.2, -0.15) is 0 Å². The quantitative estimate of drug-likeness (QED) is 0.891. The minimum atomic E-state index is -0.778. The number of carboxylic acids is 1. The highest BCUT2D eigenvalue weighted by molar-refractivity contribution is 6.32. The summed E-state index contributed by atoms with van der Waals surface area (Å²) in [7, 11) is 0. The largest absolute Gasteiger partial charge is 0.481 e. The Morgan fingerprint density at radius 2 is 2.16 bits per heavy atom. The van der Waals surface area contributed by atoms with E-state index >= 15 is 0 Å². The highest BCUT2D eigenvalue weighted by atomic mass is 35.5. The van der Waals surface area contributed by atoms with E-state index in [0.29, 0.717) is 13.0 Å². The fourth-order valence-electron chi connectivity index (χ4n) is 2.55. The van der Waals surface area contributed by atoms with E-state index in [0.717, 1.165) is 19.3 Å². The summed E-state index contributed by atoms with van der Waals surface area (Å²) in [6.07, 6.45) is 4.81. The predicted molar refractivity (Wildman–Crippen MR) is 69.1 cm³/mol. The molecule has 1 amide bonds. The number of nitrogens with one attached hydrogen (secondary N) is 1. The zero-order chi connectivity index (χ0) is 13.8. The third kappa shape index (κ3) is 3.29. The Kier molecular flexibility index (Phi) is 4.47. The lowest BCUT2D eigenvalue weighted by Crippen LogP contribution is -2.37. The van der Waals surface area contributed by atoms with Gasteiger partial charge in [0.2, 0.25) is 5.22 Å². The molecule has 0 aliphatic heterocycles. The van der Waals surface area contributed by atoms with E-state index in [4.69, 9.17) is 21.1 Å². The van der Waals surface area contributed by atoms with Crippen LogP contribution in [0.25, 0.3) is 0 Å². The first-order chi connectivity index (χ1) is 9.09. The maximum atomic E-state index is 11.8. The molecule has 0 spiro atoms. The number of hydrogen-bond donors (Lipinski definition) is 2. The monoisotopic (exact) mass is 285 g/mol. The molecule has 1 aromatic heterocycles. The number of halogens is 1. The number of rotatable bonds is 4. The number of hydrogen-bond acceptors (Lipinski definition) is 3. The van der Waals surface area contributed by atoms with Crippen LogP contribution < -0.4 is 5.32 Å². The Bertz CT molecular complexity index is 471. The fraction of sp³-hybridized carbons (Fsp3) is 0.538. The van der Waals surface area contributed by atoms with Gasteiger partial charge < -0.3 is 14.8 Å². The van der Waals surface area contributed by atoms with Gasteiger partial charge in [-0.25, -0.2) is 0 Å². The Morgan fingerprint density at radius 1 is 1.42 bits per heavy atom. The van der Waals surface area contributed by atoms with Gasteiger partial charge in [0.25, 0.3) is 5.91 Å². The molecule has 2 unspecified atom stereocenters. The van der Waals surface area contributed by atoms with Crippen LogP contribution in [0.1, 0.15) is 36.0 Å². The SMILES string of the molecule is O=C(NCC1CCCCC1C(=O)O)c1ccoc1Cl. The van der Waals surface area contributed by atoms with E-state index in [1.807, 2.05) is 0 Å². The second kappa shape index (κ2) is 6.10. The van der Waals surface area contributed by atoms with Crippen LogP contribution in [0.15, 0.2) is 16.7 Å². The summed E-state index contributed by atoms with van der Waals surface area (Å²) in [6.45, 7) is 0.358. The third-order valence-electron chi connectivity index (χ3n) is 3.61. The molecular formula is C13H16ClNO4. The molecule has 2 N–H and O–H groups in total. The van der Waals surface area contributed by atoms with Crippen LogP contribution >= 0.6 is 11.6 Å². The first-order valence-corrected chi connectivity index (χ1v) is 6.71. The van der Waals surface area contributed by atoms with Gasteiger partial charge >= 0.3 is 5.97 Å². The van der Waals surface area contributed by atoms with Crippen molar-refractivity contribution in [1.82, 2.24) is 5.32 Å². The molecule has 1 aromatic rings. The summed E-state index contributed by atoms with van der Waals surface area (Å²) < 4.78 is 4.85. The summed E-state index contributed by atoms with van der Waals surface area (Å²) in [5.74, 6) is -1.48. The van der Waals surface area contributed by atoms with E-state index in [1.54, 1.807) is 0 Å². The van der Waals surface area contributed by atoms with Crippen LogP contribution in [0, 0.1) is 11.8 Å². The van der Waals surface area contributed by atoms with Gasteiger partial charge in [0.05, 0.1) is 17.7 Å². The second-order valence-corrected chi connectivity index (χ2v) is 5.15. The van der Waals surface area contributed by atoms with Crippen LogP contribution in [0.5, 0.6) is 0 Å². The highest BCUT2D eigenvalue weighted by Gasteiger charge is 2.31. The van der Waals surface area contributed by atoms with Crippen LogP contribution in [-0.4, -0.2) is 23.5 Å². The van der Waals surface area contributed by atoms with E-state index in [9.17, 15) is 9.59 Å². The minimum Gasteiger partial charge on any atom is -0.481 e. The van der Waals surface area contributed by atoms with Crippen molar-refractivity contribution < 1.29 is 19.1 Å². The lowest BCUT2D eigenvalue weighted by atomic mass is 9.79. The molecule has 19 heavy (non-hydrogen) atoms. The van der Waals surface area contributed by atoms with E-state index in [-0.39, 0.29) is 28.5 Å². The van der Waals surface area contributed by atoms with Gasteiger partial charge in [-0.05, 0) is 36.4 Å². The molecular weight excluding hydrogens is 270 g/mol. The normalized spacial score (nSPS) is 23.0. The molecule has 0 bridgehead atoms. The Labute approximate surface area is 115 Å². The molecule has 1 heterocycles. The molecule has 2 atom stereocenters. The Morgan fingerprint density at radius 3 is 2.79 bits per heavy atom. The van der Waals surface area contributed by atoms with Gasteiger partial charge in [0.15, 0.2) is 0 Å². The maximum absolute atomic E-state index is 11.8. The number of aliphatic carboxylic acids is 1. The molecule has 0 saturated heterocycles. The van der Waals surface area contributed by atoms with Crippen LogP contribution in [-0.2, 0) is 4.79 Å². The average Bonchev–Trinajstić information content (AvgIpc) is 2.82. The molecule has 5 nitrogen and oxygen atoms in total.